The molecule has 1 fully saturated rings. The van der Waals surface area contributed by atoms with Crippen molar-refractivity contribution in [2.75, 3.05) is 11.9 Å². The average Bonchev–Trinajstić information content (AvgIpc) is 3.51. The first-order chi connectivity index (χ1) is 13.8. The van der Waals surface area contributed by atoms with Crippen LogP contribution < -0.4 is 10.1 Å². The van der Waals surface area contributed by atoms with Gasteiger partial charge < -0.3 is 15.0 Å². The minimum absolute atomic E-state index is 0.170. The molecular weight excluding hydrogens is 385 g/mol. The maximum atomic E-state index is 12.4. The molecule has 2 aromatic rings. The minimum Gasteiger partial charge on any atom is -0.406 e. The molecule has 0 bridgehead atoms. The van der Waals surface area contributed by atoms with E-state index in [1.54, 1.807) is 6.07 Å². The Hall–Kier alpha value is -3.03. The Kier molecular flexibility index (Phi) is 4.94. The second kappa shape index (κ2) is 7.42. The Labute approximate surface area is 165 Å². The quantitative estimate of drug-likeness (QED) is 0.834. The zero-order valence-corrected chi connectivity index (χ0v) is 15.5. The van der Waals surface area contributed by atoms with Crippen molar-refractivity contribution in [2.24, 2.45) is 5.92 Å². The van der Waals surface area contributed by atoms with Crippen molar-refractivity contribution >= 4 is 17.5 Å². The van der Waals surface area contributed by atoms with E-state index in [4.69, 9.17) is 0 Å². The van der Waals surface area contributed by atoms with Crippen LogP contribution in [0.5, 0.6) is 5.75 Å². The first kappa shape index (κ1) is 19.3. The number of amides is 2. The number of ether oxygens (including phenoxy) is 1. The Bertz CT molecular complexity index is 937. The number of fused-ring (bicyclic) bond motifs is 1. The van der Waals surface area contributed by atoms with Crippen LogP contribution in [-0.2, 0) is 17.8 Å². The van der Waals surface area contributed by atoms with E-state index in [1.807, 2.05) is 17.0 Å². The Morgan fingerprint density at radius 1 is 1.03 bits per heavy atom. The van der Waals surface area contributed by atoms with Gasteiger partial charge in [-0.3, -0.25) is 9.59 Å². The summed E-state index contributed by atoms with van der Waals surface area (Å²) < 4.78 is 40.5. The molecule has 1 heterocycles. The molecule has 8 heteroatoms. The highest BCUT2D eigenvalue weighted by Crippen LogP contribution is 2.33. The molecule has 2 aliphatic rings. The zero-order chi connectivity index (χ0) is 20.6. The monoisotopic (exact) mass is 404 g/mol. The smallest absolute Gasteiger partial charge is 0.406 e. The number of nitrogens with one attached hydrogen (secondary N) is 1. The van der Waals surface area contributed by atoms with Crippen LogP contribution in [0.15, 0.2) is 42.5 Å². The van der Waals surface area contributed by atoms with Crippen molar-refractivity contribution in [1.82, 2.24) is 4.90 Å². The van der Waals surface area contributed by atoms with Crippen LogP contribution in [0.25, 0.3) is 0 Å². The van der Waals surface area contributed by atoms with E-state index in [9.17, 15) is 22.8 Å². The minimum atomic E-state index is -4.78. The number of hydrogen-bond acceptors (Lipinski definition) is 3. The summed E-state index contributed by atoms with van der Waals surface area (Å²) in [4.78, 5) is 26.6. The molecule has 0 unspecified atom stereocenters. The van der Waals surface area contributed by atoms with Crippen LogP contribution in [0.3, 0.4) is 0 Å². The molecule has 2 amide bonds. The van der Waals surface area contributed by atoms with E-state index in [1.165, 1.54) is 12.1 Å². The molecule has 1 saturated carbocycles. The number of halogens is 3. The fourth-order valence-corrected chi connectivity index (χ4v) is 3.42. The third kappa shape index (κ3) is 4.70. The summed E-state index contributed by atoms with van der Waals surface area (Å²) in [6.45, 7) is 1.23. The largest absolute Gasteiger partial charge is 0.573 e. The van der Waals surface area contributed by atoms with Crippen LogP contribution in [0.2, 0.25) is 0 Å². The number of alkyl halides is 3. The molecule has 5 nitrogen and oxygen atoms in total. The van der Waals surface area contributed by atoms with Crippen molar-refractivity contribution in [2.45, 2.75) is 32.2 Å². The highest BCUT2D eigenvalue weighted by Gasteiger charge is 2.34. The van der Waals surface area contributed by atoms with Crippen LogP contribution in [0.1, 0.15) is 34.3 Å². The Morgan fingerprint density at radius 3 is 2.41 bits per heavy atom. The van der Waals surface area contributed by atoms with Crippen molar-refractivity contribution in [3.8, 4) is 5.75 Å². The van der Waals surface area contributed by atoms with Crippen LogP contribution in [0.4, 0.5) is 18.9 Å². The molecule has 29 heavy (non-hydrogen) atoms. The molecule has 4 rings (SSSR count). The van der Waals surface area contributed by atoms with E-state index in [0.717, 1.165) is 42.5 Å². The summed E-state index contributed by atoms with van der Waals surface area (Å²) in [5.41, 5.74) is 2.93. The first-order valence-corrected chi connectivity index (χ1v) is 9.36. The van der Waals surface area contributed by atoms with Gasteiger partial charge in [0.1, 0.15) is 5.75 Å². The molecule has 152 valence electrons. The third-order valence-electron chi connectivity index (χ3n) is 5.06. The van der Waals surface area contributed by atoms with E-state index >= 15 is 0 Å². The maximum Gasteiger partial charge on any atom is 0.573 e. The second-order valence-corrected chi connectivity index (χ2v) is 7.29. The highest BCUT2D eigenvalue weighted by atomic mass is 19.4. The lowest BCUT2D eigenvalue weighted by Crippen LogP contribution is -2.36. The summed E-state index contributed by atoms with van der Waals surface area (Å²) in [5.74, 6) is -0.455. The standard InChI is InChI=1S/C21H19F3N2O3/c22-21(23,24)29-18-7-4-14(5-8-18)19(27)25-17-6-3-13-9-10-26(12-16(13)11-17)20(28)15-1-2-15/h3-8,11,15H,1-2,9-10,12H2,(H,25,27). The van der Waals surface area contributed by atoms with E-state index in [0.29, 0.717) is 18.8 Å². The van der Waals surface area contributed by atoms with Crippen LogP contribution in [0, 0.1) is 5.92 Å². The molecule has 0 spiro atoms. The molecule has 2 aromatic carbocycles. The SMILES string of the molecule is O=C(Nc1ccc2c(c1)CN(C(=O)C1CC1)CC2)c1ccc(OC(F)(F)F)cc1. The average molecular weight is 404 g/mol. The fraction of sp³-hybridized carbons (Fsp3) is 0.333. The molecule has 1 N–H and O–H groups in total. The molecule has 0 radical (unpaired) electrons. The van der Waals surface area contributed by atoms with Gasteiger partial charge in [-0.15, -0.1) is 13.2 Å². The number of carbonyl (C=O) groups excluding carboxylic acids is 2. The summed E-state index contributed by atoms with van der Waals surface area (Å²) >= 11 is 0. The summed E-state index contributed by atoms with van der Waals surface area (Å²) in [6, 6.07) is 10.3. The van der Waals surface area contributed by atoms with Gasteiger partial charge in [-0.1, -0.05) is 6.07 Å². The number of anilines is 1. The molecule has 1 aliphatic carbocycles. The van der Waals surface area contributed by atoms with Gasteiger partial charge in [0.25, 0.3) is 5.91 Å². The number of carbonyl (C=O) groups is 2. The predicted molar refractivity (Wildman–Crippen MR) is 99.4 cm³/mol. The molecule has 0 atom stereocenters. The highest BCUT2D eigenvalue weighted by molar-refractivity contribution is 6.04. The van der Waals surface area contributed by atoms with Crippen LogP contribution in [-0.4, -0.2) is 29.6 Å². The Balaban J connectivity index is 1.42. The topological polar surface area (TPSA) is 58.6 Å². The number of rotatable bonds is 4. The van der Waals surface area contributed by atoms with E-state index in [-0.39, 0.29) is 23.1 Å². The fourth-order valence-electron chi connectivity index (χ4n) is 3.42. The maximum absolute atomic E-state index is 12.4. The Morgan fingerprint density at radius 2 is 1.76 bits per heavy atom. The van der Waals surface area contributed by atoms with Crippen molar-refractivity contribution in [1.29, 1.82) is 0 Å². The van der Waals surface area contributed by atoms with Crippen molar-refractivity contribution < 1.29 is 27.5 Å². The van der Waals surface area contributed by atoms with Crippen molar-refractivity contribution in [3.63, 3.8) is 0 Å². The lowest BCUT2D eigenvalue weighted by Gasteiger charge is -2.29. The summed E-state index contributed by atoms with van der Waals surface area (Å²) in [7, 11) is 0. The van der Waals surface area contributed by atoms with E-state index < -0.39 is 12.3 Å². The van der Waals surface area contributed by atoms with E-state index in [2.05, 4.69) is 10.1 Å². The van der Waals surface area contributed by atoms with Gasteiger partial charge in [0.05, 0.1) is 0 Å². The number of benzene rings is 2. The van der Waals surface area contributed by atoms with Crippen molar-refractivity contribution in [3.05, 3.63) is 59.2 Å². The van der Waals surface area contributed by atoms with Gasteiger partial charge in [0.2, 0.25) is 5.91 Å². The third-order valence-corrected chi connectivity index (χ3v) is 5.06. The number of hydrogen-bond donors (Lipinski definition) is 1. The second-order valence-electron chi connectivity index (χ2n) is 7.29. The molecule has 0 aromatic heterocycles. The number of nitrogens with zero attached hydrogens (tertiary/aromatic N) is 1. The lowest BCUT2D eigenvalue weighted by molar-refractivity contribution is -0.274. The molecule has 0 saturated heterocycles. The van der Waals surface area contributed by atoms with Gasteiger partial charge in [0.15, 0.2) is 0 Å². The zero-order valence-electron chi connectivity index (χ0n) is 15.5. The lowest BCUT2D eigenvalue weighted by atomic mass is 9.98. The van der Waals surface area contributed by atoms with Gasteiger partial charge in [-0.2, -0.15) is 0 Å². The normalized spacial score (nSPS) is 16.2. The summed E-state index contributed by atoms with van der Waals surface area (Å²) in [5, 5.41) is 2.75. The van der Waals surface area contributed by atoms with Gasteiger partial charge in [-0.05, 0) is 66.8 Å². The molecular formula is C21H19F3N2O3. The van der Waals surface area contributed by atoms with Gasteiger partial charge in [-0.25, -0.2) is 0 Å². The predicted octanol–water partition coefficient (Wildman–Crippen LogP) is 4.13. The van der Waals surface area contributed by atoms with Crippen LogP contribution >= 0.6 is 0 Å². The first-order valence-electron chi connectivity index (χ1n) is 9.36. The van der Waals surface area contributed by atoms with Gasteiger partial charge >= 0.3 is 6.36 Å². The molecule has 1 aliphatic heterocycles. The van der Waals surface area contributed by atoms with Gasteiger partial charge in [0, 0.05) is 30.3 Å². The summed E-state index contributed by atoms with van der Waals surface area (Å²) in [6.07, 6.45) is -2.07.